The lowest BCUT2D eigenvalue weighted by molar-refractivity contribution is -0.139. The number of nitrogens with one attached hydrogen (secondary N) is 1. The number of thiophene rings is 1. The van der Waals surface area contributed by atoms with Crippen LogP contribution in [0.5, 0.6) is 0 Å². The van der Waals surface area contributed by atoms with E-state index in [9.17, 15) is 9.59 Å². The second-order valence-electron chi connectivity index (χ2n) is 2.87. The first-order valence-corrected chi connectivity index (χ1v) is 5.21. The van der Waals surface area contributed by atoms with Gasteiger partial charge in [-0.3, -0.25) is 4.79 Å². The summed E-state index contributed by atoms with van der Waals surface area (Å²) in [7, 11) is 0. The van der Waals surface area contributed by atoms with Crippen molar-refractivity contribution in [1.29, 1.82) is 0 Å². The number of hydrogen-bond acceptors (Lipinski definition) is 3. The van der Waals surface area contributed by atoms with Gasteiger partial charge in [-0.1, -0.05) is 12.1 Å². The van der Waals surface area contributed by atoms with Gasteiger partial charge in [-0.25, -0.2) is 4.79 Å². The highest BCUT2D eigenvalue weighted by Crippen LogP contribution is 2.08. The van der Waals surface area contributed by atoms with Crippen LogP contribution in [-0.4, -0.2) is 23.0 Å². The van der Waals surface area contributed by atoms with E-state index in [1.807, 2.05) is 0 Å². The molecule has 0 saturated carbocycles. The Kier molecular flexibility index (Phi) is 4.05. The van der Waals surface area contributed by atoms with Crippen molar-refractivity contribution in [3.05, 3.63) is 35.0 Å². The van der Waals surface area contributed by atoms with E-state index in [0.29, 0.717) is 4.88 Å². The number of carbonyl (C=O) groups excluding carboxylic acids is 1. The normalized spacial score (nSPS) is 11.7. The van der Waals surface area contributed by atoms with Crippen molar-refractivity contribution < 1.29 is 14.7 Å². The Bertz CT molecular complexity index is 359. The minimum absolute atomic E-state index is 0.215. The van der Waals surface area contributed by atoms with Crippen molar-refractivity contribution in [2.45, 2.75) is 12.5 Å². The fraction of sp³-hybridized carbons (Fsp3) is 0.200. The van der Waals surface area contributed by atoms with Gasteiger partial charge in [0.05, 0.1) is 4.88 Å². The Morgan fingerprint density at radius 3 is 2.87 bits per heavy atom. The van der Waals surface area contributed by atoms with E-state index < -0.39 is 12.0 Å². The molecule has 0 radical (unpaired) electrons. The second-order valence-corrected chi connectivity index (χ2v) is 3.81. The average Bonchev–Trinajstić information content (AvgIpc) is 2.69. The van der Waals surface area contributed by atoms with Crippen LogP contribution in [0.15, 0.2) is 30.2 Å². The third-order valence-corrected chi connectivity index (χ3v) is 2.62. The maximum absolute atomic E-state index is 11.5. The molecule has 1 aromatic heterocycles. The van der Waals surface area contributed by atoms with E-state index in [2.05, 4.69) is 11.9 Å². The van der Waals surface area contributed by atoms with Crippen LogP contribution in [0.3, 0.4) is 0 Å². The number of aliphatic carboxylic acids is 1. The number of rotatable bonds is 5. The monoisotopic (exact) mass is 225 g/mol. The van der Waals surface area contributed by atoms with Gasteiger partial charge >= 0.3 is 5.97 Å². The lowest BCUT2D eigenvalue weighted by atomic mass is 10.2. The molecule has 15 heavy (non-hydrogen) atoms. The highest BCUT2D eigenvalue weighted by atomic mass is 32.1. The summed E-state index contributed by atoms with van der Waals surface area (Å²) in [6, 6.07) is 2.48. The summed E-state index contributed by atoms with van der Waals surface area (Å²) in [6.07, 6.45) is 1.68. The Hall–Kier alpha value is -1.62. The number of carboxylic acid groups (broad SMARTS) is 1. The molecule has 0 aliphatic carbocycles. The van der Waals surface area contributed by atoms with Gasteiger partial charge in [0, 0.05) is 0 Å². The molecule has 0 aliphatic heterocycles. The lowest BCUT2D eigenvalue weighted by Gasteiger charge is -2.11. The molecule has 4 nitrogen and oxygen atoms in total. The predicted molar refractivity (Wildman–Crippen MR) is 58.0 cm³/mol. The van der Waals surface area contributed by atoms with E-state index in [0.717, 1.165) is 0 Å². The first-order chi connectivity index (χ1) is 7.15. The van der Waals surface area contributed by atoms with Gasteiger partial charge in [-0.2, -0.15) is 0 Å². The van der Waals surface area contributed by atoms with Crippen molar-refractivity contribution in [2.75, 3.05) is 0 Å². The topological polar surface area (TPSA) is 66.4 Å². The SMILES string of the molecule is C=CCC(NC(=O)c1cccs1)C(=O)O. The Morgan fingerprint density at radius 1 is 1.67 bits per heavy atom. The molecule has 1 atom stereocenters. The van der Waals surface area contributed by atoms with E-state index in [-0.39, 0.29) is 12.3 Å². The minimum atomic E-state index is -1.06. The van der Waals surface area contributed by atoms with E-state index in [4.69, 9.17) is 5.11 Å². The molecule has 1 aromatic rings. The zero-order chi connectivity index (χ0) is 11.3. The Balaban J connectivity index is 2.62. The number of amides is 1. The van der Waals surface area contributed by atoms with Gasteiger partial charge in [0.2, 0.25) is 0 Å². The molecule has 1 heterocycles. The number of carboxylic acids is 1. The van der Waals surface area contributed by atoms with Crippen LogP contribution in [0, 0.1) is 0 Å². The first kappa shape index (κ1) is 11.5. The van der Waals surface area contributed by atoms with Crippen molar-refractivity contribution >= 4 is 23.2 Å². The zero-order valence-electron chi connectivity index (χ0n) is 7.97. The van der Waals surface area contributed by atoms with Gasteiger partial charge in [-0.15, -0.1) is 17.9 Å². The van der Waals surface area contributed by atoms with Crippen LogP contribution < -0.4 is 5.32 Å². The summed E-state index contributed by atoms with van der Waals surface area (Å²) in [6.45, 7) is 3.44. The van der Waals surface area contributed by atoms with Crippen molar-refractivity contribution in [3.63, 3.8) is 0 Å². The van der Waals surface area contributed by atoms with Crippen LogP contribution in [-0.2, 0) is 4.79 Å². The number of hydrogen-bond donors (Lipinski definition) is 2. The largest absolute Gasteiger partial charge is 0.480 e. The summed E-state index contributed by atoms with van der Waals surface area (Å²) in [5.41, 5.74) is 0. The molecule has 0 aliphatic rings. The van der Waals surface area contributed by atoms with E-state index in [1.54, 1.807) is 17.5 Å². The van der Waals surface area contributed by atoms with E-state index in [1.165, 1.54) is 17.4 Å². The fourth-order valence-electron chi connectivity index (χ4n) is 1.03. The first-order valence-electron chi connectivity index (χ1n) is 4.33. The molecular formula is C10H11NO3S. The van der Waals surface area contributed by atoms with Crippen molar-refractivity contribution in [3.8, 4) is 0 Å². The van der Waals surface area contributed by atoms with Gasteiger partial charge in [0.25, 0.3) is 5.91 Å². The molecule has 0 spiro atoms. The average molecular weight is 225 g/mol. The summed E-state index contributed by atoms with van der Waals surface area (Å²) >= 11 is 1.27. The van der Waals surface area contributed by atoms with Gasteiger partial charge in [0.1, 0.15) is 6.04 Å². The molecule has 0 bridgehead atoms. The smallest absolute Gasteiger partial charge is 0.326 e. The maximum Gasteiger partial charge on any atom is 0.326 e. The minimum Gasteiger partial charge on any atom is -0.480 e. The molecule has 2 N–H and O–H groups in total. The van der Waals surface area contributed by atoms with Gasteiger partial charge < -0.3 is 10.4 Å². The van der Waals surface area contributed by atoms with Crippen LogP contribution in [0.4, 0.5) is 0 Å². The third-order valence-electron chi connectivity index (χ3n) is 1.75. The Labute approximate surface area is 91.2 Å². The zero-order valence-corrected chi connectivity index (χ0v) is 8.79. The molecule has 5 heteroatoms. The second kappa shape index (κ2) is 5.31. The quantitative estimate of drug-likeness (QED) is 0.746. The van der Waals surface area contributed by atoms with Crippen molar-refractivity contribution in [1.82, 2.24) is 5.32 Å². The number of carbonyl (C=O) groups is 2. The summed E-state index contributed by atoms with van der Waals surface area (Å²) in [5.74, 6) is -1.42. The van der Waals surface area contributed by atoms with Crippen LogP contribution in [0.25, 0.3) is 0 Å². The summed E-state index contributed by atoms with van der Waals surface area (Å²) in [4.78, 5) is 22.7. The molecule has 1 rings (SSSR count). The van der Waals surface area contributed by atoms with E-state index >= 15 is 0 Å². The molecule has 0 saturated heterocycles. The summed E-state index contributed by atoms with van der Waals surface area (Å²) in [5, 5.41) is 13.0. The van der Waals surface area contributed by atoms with Crippen LogP contribution in [0.1, 0.15) is 16.1 Å². The molecular weight excluding hydrogens is 214 g/mol. The highest BCUT2D eigenvalue weighted by Gasteiger charge is 2.19. The fourth-order valence-corrected chi connectivity index (χ4v) is 1.65. The van der Waals surface area contributed by atoms with Gasteiger partial charge in [0.15, 0.2) is 0 Å². The Morgan fingerprint density at radius 2 is 2.40 bits per heavy atom. The highest BCUT2D eigenvalue weighted by molar-refractivity contribution is 7.12. The predicted octanol–water partition coefficient (Wildman–Crippen LogP) is 1.51. The third kappa shape index (κ3) is 3.21. The van der Waals surface area contributed by atoms with Gasteiger partial charge in [-0.05, 0) is 17.9 Å². The molecule has 0 fully saturated rings. The standard InChI is InChI=1S/C10H11NO3S/c1-2-4-7(10(13)14)11-9(12)8-5-3-6-15-8/h2-3,5-7H,1,4H2,(H,11,12)(H,13,14). The summed E-state index contributed by atoms with van der Waals surface area (Å²) < 4.78 is 0. The van der Waals surface area contributed by atoms with Crippen LogP contribution >= 0.6 is 11.3 Å². The molecule has 0 aromatic carbocycles. The molecule has 80 valence electrons. The molecule has 1 unspecified atom stereocenters. The maximum atomic E-state index is 11.5. The van der Waals surface area contributed by atoms with Crippen LogP contribution in [0.2, 0.25) is 0 Å². The lowest BCUT2D eigenvalue weighted by Crippen LogP contribution is -2.40. The molecule has 1 amide bonds. The van der Waals surface area contributed by atoms with Crippen molar-refractivity contribution in [2.24, 2.45) is 0 Å².